The van der Waals surface area contributed by atoms with Crippen molar-refractivity contribution in [1.82, 2.24) is 4.98 Å². The molecule has 1 aliphatic rings. The van der Waals surface area contributed by atoms with Gasteiger partial charge in [-0.25, -0.2) is 4.98 Å². The van der Waals surface area contributed by atoms with E-state index in [4.69, 9.17) is 5.73 Å². The van der Waals surface area contributed by atoms with Gasteiger partial charge in [-0.2, -0.15) is 0 Å². The molecule has 0 spiro atoms. The number of nitrogens with zero attached hydrogens (tertiary/aromatic N) is 1. The Kier molecular flexibility index (Phi) is 3.85. The highest BCUT2D eigenvalue weighted by atomic mass is 32.1. The molecule has 16 heavy (non-hydrogen) atoms. The van der Waals surface area contributed by atoms with Crippen LogP contribution in [-0.2, 0) is 6.54 Å². The average molecular weight is 236 g/mol. The molecule has 1 aromatic heterocycles. The van der Waals surface area contributed by atoms with Crippen LogP contribution < -0.4 is 5.73 Å². The molecule has 0 radical (unpaired) electrons. The summed E-state index contributed by atoms with van der Waals surface area (Å²) >= 11 is 1.46. The SMILES string of the molecule is NCc1nc(C(=O)C2=CCCCCC2)cs1. The minimum atomic E-state index is 0.0952. The largest absolute Gasteiger partial charge is 0.325 e. The lowest BCUT2D eigenvalue weighted by molar-refractivity contribution is 0.102. The van der Waals surface area contributed by atoms with Gasteiger partial charge < -0.3 is 5.73 Å². The molecule has 0 fully saturated rings. The second-order valence-electron chi connectivity index (χ2n) is 3.99. The number of rotatable bonds is 3. The van der Waals surface area contributed by atoms with Gasteiger partial charge in [0, 0.05) is 11.9 Å². The Labute approximate surface area is 99.4 Å². The number of carbonyl (C=O) groups excluding carboxylic acids is 1. The molecule has 1 aliphatic carbocycles. The van der Waals surface area contributed by atoms with Gasteiger partial charge in [0.05, 0.1) is 0 Å². The number of Topliss-reactive ketones (excluding diaryl/α,β-unsaturated/α-hetero) is 1. The minimum absolute atomic E-state index is 0.0952. The molecule has 2 rings (SSSR count). The van der Waals surface area contributed by atoms with E-state index in [1.54, 1.807) is 0 Å². The fourth-order valence-corrected chi connectivity index (χ4v) is 2.55. The number of carbonyl (C=O) groups is 1. The van der Waals surface area contributed by atoms with Gasteiger partial charge in [-0.1, -0.05) is 12.5 Å². The van der Waals surface area contributed by atoms with E-state index in [1.807, 2.05) is 5.38 Å². The van der Waals surface area contributed by atoms with Crippen LogP contribution in [0, 0.1) is 0 Å². The predicted octanol–water partition coefficient (Wildman–Crippen LogP) is 2.68. The lowest BCUT2D eigenvalue weighted by Gasteiger charge is -2.00. The summed E-state index contributed by atoms with van der Waals surface area (Å²) in [5, 5.41) is 2.65. The Morgan fingerprint density at radius 1 is 1.44 bits per heavy atom. The van der Waals surface area contributed by atoms with Crippen molar-refractivity contribution >= 4 is 17.1 Å². The maximum Gasteiger partial charge on any atom is 0.207 e. The summed E-state index contributed by atoms with van der Waals surface area (Å²) in [5.41, 5.74) is 6.99. The minimum Gasteiger partial charge on any atom is -0.325 e. The topological polar surface area (TPSA) is 56.0 Å². The number of hydrogen-bond donors (Lipinski definition) is 1. The van der Waals surface area contributed by atoms with Crippen LogP contribution in [0.4, 0.5) is 0 Å². The smallest absolute Gasteiger partial charge is 0.207 e. The molecular formula is C12H16N2OS. The molecule has 0 saturated carbocycles. The third-order valence-corrected chi connectivity index (χ3v) is 3.66. The highest BCUT2D eigenvalue weighted by molar-refractivity contribution is 7.09. The van der Waals surface area contributed by atoms with Gasteiger partial charge in [-0.05, 0) is 31.3 Å². The van der Waals surface area contributed by atoms with Crippen molar-refractivity contribution in [2.75, 3.05) is 0 Å². The van der Waals surface area contributed by atoms with E-state index in [9.17, 15) is 4.79 Å². The van der Waals surface area contributed by atoms with Crippen LogP contribution in [0.5, 0.6) is 0 Å². The monoisotopic (exact) mass is 236 g/mol. The van der Waals surface area contributed by atoms with Crippen LogP contribution >= 0.6 is 11.3 Å². The highest BCUT2D eigenvalue weighted by Crippen LogP contribution is 2.21. The molecular weight excluding hydrogens is 220 g/mol. The van der Waals surface area contributed by atoms with Crippen LogP contribution in [-0.4, -0.2) is 10.8 Å². The second-order valence-corrected chi connectivity index (χ2v) is 4.93. The van der Waals surface area contributed by atoms with Crippen LogP contribution in [0.25, 0.3) is 0 Å². The lowest BCUT2D eigenvalue weighted by atomic mass is 10.0. The zero-order chi connectivity index (χ0) is 11.4. The molecule has 0 aliphatic heterocycles. The van der Waals surface area contributed by atoms with Gasteiger partial charge in [-0.3, -0.25) is 4.79 Å². The summed E-state index contributed by atoms with van der Waals surface area (Å²) < 4.78 is 0. The molecule has 3 nitrogen and oxygen atoms in total. The van der Waals surface area contributed by atoms with Crippen molar-refractivity contribution in [3.63, 3.8) is 0 Å². The van der Waals surface area contributed by atoms with Gasteiger partial charge >= 0.3 is 0 Å². The lowest BCUT2D eigenvalue weighted by Crippen LogP contribution is -2.05. The highest BCUT2D eigenvalue weighted by Gasteiger charge is 2.16. The first-order chi connectivity index (χ1) is 7.81. The van der Waals surface area contributed by atoms with Crippen molar-refractivity contribution < 1.29 is 4.79 Å². The third-order valence-electron chi connectivity index (χ3n) is 2.79. The first-order valence-electron chi connectivity index (χ1n) is 5.69. The Balaban J connectivity index is 2.14. The van der Waals surface area contributed by atoms with Gasteiger partial charge in [0.2, 0.25) is 5.78 Å². The molecule has 1 heterocycles. The molecule has 0 unspecified atom stereocenters. The van der Waals surface area contributed by atoms with Crippen molar-refractivity contribution in [2.45, 2.75) is 38.6 Å². The molecule has 86 valence electrons. The molecule has 0 atom stereocenters. The summed E-state index contributed by atoms with van der Waals surface area (Å²) in [6.07, 6.45) is 7.53. The zero-order valence-electron chi connectivity index (χ0n) is 9.24. The summed E-state index contributed by atoms with van der Waals surface area (Å²) in [7, 11) is 0. The standard InChI is InChI=1S/C12H16N2OS/c13-7-11-14-10(8-16-11)12(15)9-5-3-1-2-4-6-9/h5,8H,1-4,6-7,13H2. The van der Waals surface area contributed by atoms with Crippen LogP contribution in [0.1, 0.15) is 47.6 Å². The zero-order valence-corrected chi connectivity index (χ0v) is 10.1. The molecule has 2 N–H and O–H groups in total. The van der Waals surface area contributed by atoms with Crippen LogP contribution in [0.15, 0.2) is 17.0 Å². The van der Waals surface area contributed by atoms with Crippen molar-refractivity contribution in [3.8, 4) is 0 Å². The van der Waals surface area contributed by atoms with Crippen molar-refractivity contribution in [3.05, 3.63) is 27.7 Å². The number of nitrogens with two attached hydrogens (primary N) is 1. The van der Waals surface area contributed by atoms with Gasteiger partial charge in [-0.15, -0.1) is 11.3 Å². The first kappa shape index (κ1) is 11.5. The second kappa shape index (κ2) is 5.37. The summed E-state index contributed by atoms with van der Waals surface area (Å²) in [6, 6.07) is 0. The molecule has 0 amide bonds. The van der Waals surface area contributed by atoms with E-state index in [0.29, 0.717) is 12.2 Å². The average Bonchev–Trinajstić information content (AvgIpc) is 2.62. The number of allylic oxidation sites excluding steroid dienone is 2. The van der Waals surface area contributed by atoms with Crippen molar-refractivity contribution in [2.24, 2.45) is 5.73 Å². The Bertz CT molecular complexity index is 409. The maximum absolute atomic E-state index is 12.1. The molecule has 1 aromatic rings. The summed E-state index contributed by atoms with van der Waals surface area (Å²) in [5.74, 6) is 0.0952. The van der Waals surface area contributed by atoms with Gasteiger partial charge in [0.15, 0.2) is 0 Å². The van der Waals surface area contributed by atoms with Crippen LogP contribution in [0.3, 0.4) is 0 Å². The van der Waals surface area contributed by atoms with E-state index in [1.165, 1.54) is 24.2 Å². The molecule has 0 bridgehead atoms. The number of ketones is 1. The number of thiazole rings is 1. The maximum atomic E-state index is 12.1. The van der Waals surface area contributed by atoms with Crippen LogP contribution in [0.2, 0.25) is 0 Å². The first-order valence-corrected chi connectivity index (χ1v) is 6.57. The molecule has 0 aromatic carbocycles. The van der Waals surface area contributed by atoms with E-state index in [2.05, 4.69) is 11.1 Å². The number of hydrogen-bond acceptors (Lipinski definition) is 4. The van der Waals surface area contributed by atoms with E-state index < -0.39 is 0 Å². The Morgan fingerprint density at radius 2 is 2.31 bits per heavy atom. The van der Waals surface area contributed by atoms with E-state index >= 15 is 0 Å². The van der Waals surface area contributed by atoms with Gasteiger partial charge in [0.1, 0.15) is 10.7 Å². The normalized spacial score (nSPS) is 16.7. The Morgan fingerprint density at radius 3 is 3.06 bits per heavy atom. The number of aromatic nitrogens is 1. The molecule has 0 saturated heterocycles. The fraction of sp³-hybridized carbons (Fsp3) is 0.500. The third kappa shape index (κ3) is 2.57. The summed E-state index contributed by atoms with van der Waals surface area (Å²) in [6.45, 7) is 0.414. The predicted molar refractivity (Wildman–Crippen MR) is 65.5 cm³/mol. The van der Waals surface area contributed by atoms with Gasteiger partial charge in [0.25, 0.3) is 0 Å². The quantitative estimate of drug-likeness (QED) is 0.821. The summed E-state index contributed by atoms with van der Waals surface area (Å²) in [4.78, 5) is 16.4. The van der Waals surface area contributed by atoms with E-state index in [-0.39, 0.29) is 5.78 Å². The molecule has 4 heteroatoms. The van der Waals surface area contributed by atoms with E-state index in [0.717, 1.165) is 29.8 Å². The Hall–Kier alpha value is -1.00. The fourth-order valence-electron chi connectivity index (χ4n) is 1.89. The van der Waals surface area contributed by atoms with Crippen molar-refractivity contribution in [1.29, 1.82) is 0 Å².